The lowest BCUT2D eigenvalue weighted by molar-refractivity contribution is 0.776. The average Bonchev–Trinajstić information content (AvgIpc) is 2.89. The summed E-state index contributed by atoms with van der Waals surface area (Å²) in [6, 6.07) is 5.87. The molecule has 2 N–H and O–H groups in total. The number of aryl methyl sites for hydroxylation is 1. The van der Waals surface area contributed by atoms with Crippen molar-refractivity contribution >= 4 is 41.3 Å². The van der Waals surface area contributed by atoms with Crippen molar-refractivity contribution in [2.75, 3.05) is 13.6 Å². The van der Waals surface area contributed by atoms with E-state index in [1.165, 1.54) is 0 Å². The van der Waals surface area contributed by atoms with Gasteiger partial charge in [0, 0.05) is 31.6 Å². The third-order valence-corrected chi connectivity index (χ3v) is 3.55. The van der Waals surface area contributed by atoms with E-state index in [4.69, 9.17) is 0 Å². The van der Waals surface area contributed by atoms with Gasteiger partial charge < -0.3 is 10.6 Å². The van der Waals surface area contributed by atoms with Crippen molar-refractivity contribution in [2.45, 2.75) is 19.9 Å². The molecule has 5 nitrogen and oxygen atoms in total. The molecular weight excluding hydrogens is 397 g/mol. The zero-order valence-electron chi connectivity index (χ0n) is 12.2. The number of halogens is 1. The predicted molar refractivity (Wildman–Crippen MR) is 98.4 cm³/mol. The van der Waals surface area contributed by atoms with E-state index in [2.05, 4.69) is 31.0 Å². The van der Waals surface area contributed by atoms with Crippen molar-refractivity contribution in [1.82, 2.24) is 20.6 Å². The Kier molecular flexibility index (Phi) is 8.21. The lowest BCUT2D eigenvalue weighted by Gasteiger charge is -2.10. The summed E-state index contributed by atoms with van der Waals surface area (Å²) in [4.78, 5) is 12.9. The Hall–Kier alpha value is -1.22. The summed E-state index contributed by atoms with van der Waals surface area (Å²) in [5.41, 5.74) is 2.12. The molecule has 0 spiro atoms. The van der Waals surface area contributed by atoms with Crippen molar-refractivity contribution in [3.63, 3.8) is 0 Å². The molecule has 0 aromatic carbocycles. The van der Waals surface area contributed by atoms with Crippen LogP contribution in [0.3, 0.4) is 0 Å². The molecule has 0 aliphatic carbocycles. The Morgan fingerprint density at radius 3 is 2.76 bits per heavy atom. The van der Waals surface area contributed by atoms with Crippen molar-refractivity contribution in [3.05, 3.63) is 46.2 Å². The molecule has 2 aromatic heterocycles. The Bertz CT molecular complexity index is 556. The van der Waals surface area contributed by atoms with E-state index >= 15 is 0 Å². The Morgan fingerprint density at radius 1 is 1.29 bits per heavy atom. The third kappa shape index (κ3) is 6.38. The van der Waals surface area contributed by atoms with Crippen LogP contribution in [0.5, 0.6) is 0 Å². The Balaban J connectivity index is 0.00000220. The zero-order valence-corrected chi connectivity index (χ0v) is 15.3. The molecule has 2 heterocycles. The van der Waals surface area contributed by atoms with Gasteiger partial charge in [0.2, 0.25) is 0 Å². The fraction of sp³-hybridized carbons (Fsp3) is 0.357. The molecule has 2 aromatic rings. The Labute approximate surface area is 146 Å². The highest BCUT2D eigenvalue weighted by Crippen LogP contribution is 2.07. The molecule has 21 heavy (non-hydrogen) atoms. The van der Waals surface area contributed by atoms with Crippen LogP contribution in [-0.4, -0.2) is 29.5 Å². The van der Waals surface area contributed by atoms with Gasteiger partial charge in [-0.2, -0.15) is 0 Å². The van der Waals surface area contributed by atoms with E-state index in [1.54, 1.807) is 24.6 Å². The second kappa shape index (κ2) is 9.67. The Morgan fingerprint density at radius 2 is 2.14 bits per heavy atom. The molecule has 0 bridgehead atoms. The van der Waals surface area contributed by atoms with Crippen molar-refractivity contribution < 1.29 is 0 Å². The van der Waals surface area contributed by atoms with E-state index in [1.807, 2.05) is 25.1 Å². The van der Waals surface area contributed by atoms with Crippen LogP contribution in [-0.2, 0) is 13.0 Å². The van der Waals surface area contributed by atoms with Crippen LogP contribution in [0, 0.1) is 6.92 Å². The van der Waals surface area contributed by atoms with Crippen LogP contribution >= 0.6 is 35.3 Å². The number of pyridine rings is 1. The van der Waals surface area contributed by atoms with Gasteiger partial charge in [0.05, 0.1) is 22.9 Å². The summed E-state index contributed by atoms with van der Waals surface area (Å²) in [6.45, 7) is 3.50. The summed E-state index contributed by atoms with van der Waals surface area (Å²) in [7, 11) is 1.76. The number of hydrogen-bond donors (Lipinski definition) is 2. The van der Waals surface area contributed by atoms with Crippen LogP contribution in [0.2, 0.25) is 0 Å². The van der Waals surface area contributed by atoms with Crippen LogP contribution in [0.15, 0.2) is 34.8 Å². The van der Waals surface area contributed by atoms with Crippen LogP contribution < -0.4 is 10.6 Å². The van der Waals surface area contributed by atoms with E-state index < -0.39 is 0 Å². The van der Waals surface area contributed by atoms with Crippen molar-refractivity contribution in [1.29, 1.82) is 0 Å². The molecule has 2 rings (SSSR count). The van der Waals surface area contributed by atoms with Gasteiger partial charge in [0.25, 0.3) is 0 Å². The molecule has 0 amide bonds. The van der Waals surface area contributed by atoms with Crippen LogP contribution in [0.25, 0.3) is 0 Å². The maximum Gasteiger partial charge on any atom is 0.191 e. The molecule has 0 unspecified atom stereocenters. The lowest BCUT2D eigenvalue weighted by atomic mass is 10.3. The fourth-order valence-corrected chi connectivity index (χ4v) is 2.38. The summed E-state index contributed by atoms with van der Waals surface area (Å²) < 4.78 is 0. The number of thiazole rings is 1. The minimum Gasteiger partial charge on any atom is -0.356 e. The monoisotopic (exact) mass is 417 g/mol. The number of aliphatic imine (C=N–C) groups is 1. The van der Waals surface area contributed by atoms with E-state index in [-0.39, 0.29) is 24.0 Å². The topological polar surface area (TPSA) is 62.2 Å². The quantitative estimate of drug-likeness (QED) is 0.446. The maximum atomic E-state index is 4.44. The van der Waals surface area contributed by atoms with Crippen LogP contribution in [0.4, 0.5) is 0 Å². The minimum absolute atomic E-state index is 0. The molecule has 0 radical (unpaired) electrons. The number of nitrogens with one attached hydrogen (secondary N) is 2. The molecule has 0 saturated heterocycles. The first-order valence-electron chi connectivity index (χ1n) is 6.53. The number of nitrogens with zero attached hydrogens (tertiary/aromatic N) is 3. The molecule has 0 atom stereocenters. The highest BCUT2D eigenvalue weighted by Gasteiger charge is 2.01. The number of guanidine groups is 1. The first kappa shape index (κ1) is 17.8. The zero-order chi connectivity index (χ0) is 14.2. The molecule has 0 saturated carbocycles. The van der Waals surface area contributed by atoms with Crippen molar-refractivity contribution in [2.24, 2.45) is 4.99 Å². The highest BCUT2D eigenvalue weighted by atomic mass is 127. The summed E-state index contributed by atoms with van der Waals surface area (Å²) >= 11 is 1.68. The largest absolute Gasteiger partial charge is 0.356 e. The van der Waals surface area contributed by atoms with Gasteiger partial charge in [-0.1, -0.05) is 6.07 Å². The highest BCUT2D eigenvalue weighted by molar-refractivity contribution is 14.0. The SMILES string of the molecule is CN=C(NCCc1csc(C)n1)NCc1ccccn1.I. The molecule has 114 valence electrons. The lowest BCUT2D eigenvalue weighted by Crippen LogP contribution is -2.38. The molecule has 0 aliphatic heterocycles. The number of rotatable bonds is 5. The minimum atomic E-state index is 0. The fourth-order valence-electron chi connectivity index (χ4n) is 1.73. The van der Waals surface area contributed by atoms with Gasteiger partial charge in [-0.05, 0) is 19.1 Å². The van der Waals surface area contributed by atoms with Crippen molar-refractivity contribution in [3.8, 4) is 0 Å². The molecule has 0 fully saturated rings. The van der Waals surface area contributed by atoms with Gasteiger partial charge in [-0.3, -0.25) is 9.98 Å². The third-order valence-electron chi connectivity index (χ3n) is 2.73. The van der Waals surface area contributed by atoms with E-state index in [0.717, 1.165) is 35.3 Å². The molecular formula is C14H20IN5S. The van der Waals surface area contributed by atoms with Gasteiger partial charge in [0.15, 0.2) is 5.96 Å². The number of hydrogen-bond acceptors (Lipinski definition) is 4. The van der Waals surface area contributed by atoms with E-state index in [9.17, 15) is 0 Å². The summed E-state index contributed by atoms with van der Waals surface area (Å²) in [5, 5.41) is 9.72. The second-order valence-electron chi connectivity index (χ2n) is 4.28. The second-order valence-corrected chi connectivity index (χ2v) is 5.34. The predicted octanol–water partition coefficient (Wildman–Crippen LogP) is 2.37. The number of aromatic nitrogens is 2. The first-order valence-corrected chi connectivity index (χ1v) is 7.41. The van der Waals surface area contributed by atoms with E-state index in [0.29, 0.717) is 6.54 Å². The van der Waals surface area contributed by atoms with Crippen LogP contribution in [0.1, 0.15) is 16.4 Å². The standard InChI is InChI=1S/C14H19N5S.HI/c1-11-19-13(10-20-11)6-8-17-14(15-2)18-9-12-5-3-4-7-16-12;/h3-5,7,10H,6,8-9H2,1-2H3,(H2,15,17,18);1H. The summed E-state index contributed by atoms with van der Waals surface area (Å²) in [6.07, 6.45) is 2.69. The maximum absolute atomic E-state index is 4.44. The first-order chi connectivity index (χ1) is 9.78. The van der Waals surface area contributed by atoms with Gasteiger partial charge in [0.1, 0.15) is 0 Å². The average molecular weight is 417 g/mol. The normalized spacial score (nSPS) is 10.9. The molecule has 0 aliphatic rings. The van der Waals surface area contributed by atoms with Gasteiger partial charge >= 0.3 is 0 Å². The van der Waals surface area contributed by atoms with Gasteiger partial charge in [-0.15, -0.1) is 35.3 Å². The van der Waals surface area contributed by atoms with Gasteiger partial charge in [-0.25, -0.2) is 4.98 Å². The smallest absolute Gasteiger partial charge is 0.191 e. The summed E-state index contributed by atoms with van der Waals surface area (Å²) in [5.74, 6) is 0.780. The molecule has 7 heteroatoms.